The molecule has 0 saturated heterocycles. The Kier molecular flexibility index (Phi) is 3.52. The number of benzene rings is 1. The molecular formula is C14H14BrN3S. The number of aromatic nitrogens is 2. The Balaban J connectivity index is 2.15. The minimum absolute atomic E-state index is 0.707. The van der Waals surface area contributed by atoms with Crippen molar-refractivity contribution in [3.05, 3.63) is 44.1 Å². The molecule has 1 aromatic carbocycles. The monoisotopic (exact) mass is 335 g/mol. The number of hydrogen-bond acceptors (Lipinski definition) is 3. The Morgan fingerprint density at radius 2 is 2.21 bits per heavy atom. The summed E-state index contributed by atoms with van der Waals surface area (Å²) in [5.41, 5.74) is 4.65. The summed E-state index contributed by atoms with van der Waals surface area (Å²) in [6.45, 7) is 3.89. The topological polar surface area (TPSA) is 40.7 Å². The van der Waals surface area contributed by atoms with Crippen LogP contribution in [-0.2, 0) is 13.0 Å². The summed E-state index contributed by atoms with van der Waals surface area (Å²) in [5.74, 6) is 0.871. The first-order valence-electron chi connectivity index (χ1n) is 6.24. The van der Waals surface area contributed by atoms with E-state index in [2.05, 4.69) is 50.3 Å². The second-order valence-electron chi connectivity index (χ2n) is 4.73. The van der Waals surface area contributed by atoms with Crippen molar-refractivity contribution in [3.63, 3.8) is 0 Å². The maximum atomic E-state index is 5.42. The van der Waals surface area contributed by atoms with Crippen LogP contribution in [0.1, 0.15) is 16.8 Å². The number of aromatic amines is 1. The average Bonchev–Trinajstić information content (AvgIpc) is 2.38. The standard InChI is InChI=1S/C14H14BrN3S/c1-8-6-9(15)2-3-10(8)13-17-12-4-5-16-7-11(12)14(19)18-13/h2-3,6,16H,4-5,7H2,1H3,(H,17,18,19). The summed E-state index contributed by atoms with van der Waals surface area (Å²) >= 11 is 8.90. The van der Waals surface area contributed by atoms with E-state index in [1.165, 1.54) is 11.3 Å². The highest BCUT2D eigenvalue weighted by Gasteiger charge is 2.14. The molecule has 1 aliphatic rings. The fourth-order valence-electron chi connectivity index (χ4n) is 2.39. The van der Waals surface area contributed by atoms with Crippen molar-refractivity contribution >= 4 is 28.1 Å². The van der Waals surface area contributed by atoms with Gasteiger partial charge in [-0.05, 0) is 30.7 Å². The zero-order valence-electron chi connectivity index (χ0n) is 10.6. The third-order valence-corrected chi connectivity index (χ3v) is 4.23. The van der Waals surface area contributed by atoms with E-state index in [4.69, 9.17) is 12.2 Å². The lowest BCUT2D eigenvalue weighted by atomic mass is 10.1. The van der Waals surface area contributed by atoms with E-state index < -0.39 is 0 Å². The Hall–Kier alpha value is -1.04. The molecule has 0 saturated carbocycles. The molecule has 98 valence electrons. The van der Waals surface area contributed by atoms with Gasteiger partial charge < -0.3 is 10.3 Å². The van der Waals surface area contributed by atoms with Crippen molar-refractivity contribution in [3.8, 4) is 11.4 Å². The van der Waals surface area contributed by atoms with Gasteiger partial charge in [-0.3, -0.25) is 0 Å². The van der Waals surface area contributed by atoms with Gasteiger partial charge in [0.25, 0.3) is 0 Å². The lowest BCUT2D eigenvalue weighted by Crippen LogP contribution is -2.25. The molecule has 0 atom stereocenters. The predicted octanol–water partition coefficient (Wildman–Crippen LogP) is 3.52. The van der Waals surface area contributed by atoms with Crippen LogP contribution >= 0.6 is 28.1 Å². The summed E-state index contributed by atoms with van der Waals surface area (Å²) in [5, 5.41) is 3.33. The van der Waals surface area contributed by atoms with E-state index in [0.29, 0.717) is 4.64 Å². The van der Waals surface area contributed by atoms with Crippen LogP contribution in [0.25, 0.3) is 11.4 Å². The van der Waals surface area contributed by atoms with E-state index in [1.807, 2.05) is 6.07 Å². The van der Waals surface area contributed by atoms with Crippen molar-refractivity contribution in [1.82, 2.24) is 15.3 Å². The molecule has 3 rings (SSSR count). The number of nitrogens with zero attached hydrogens (tertiary/aromatic N) is 1. The summed E-state index contributed by atoms with van der Waals surface area (Å²) in [4.78, 5) is 8.00. The zero-order valence-corrected chi connectivity index (χ0v) is 13.0. The molecule has 0 amide bonds. The number of rotatable bonds is 1. The number of halogens is 1. The second-order valence-corrected chi connectivity index (χ2v) is 6.04. The van der Waals surface area contributed by atoms with Gasteiger partial charge in [-0.15, -0.1) is 0 Å². The molecule has 0 fully saturated rings. The van der Waals surface area contributed by atoms with Gasteiger partial charge >= 0.3 is 0 Å². The third kappa shape index (κ3) is 2.50. The smallest absolute Gasteiger partial charge is 0.139 e. The molecule has 1 aliphatic heterocycles. The van der Waals surface area contributed by atoms with Crippen LogP contribution in [0.3, 0.4) is 0 Å². The Morgan fingerprint density at radius 1 is 1.37 bits per heavy atom. The third-order valence-electron chi connectivity index (χ3n) is 3.40. The minimum atomic E-state index is 0.707. The minimum Gasteiger partial charge on any atom is -0.343 e. The number of fused-ring (bicyclic) bond motifs is 1. The molecule has 5 heteroatoms. The van der Waals surface area contributed by atoms with Crippen molar-refractivity contribution in [2.24, 2.45) is 0 Å². The zero-order chi connectivity index (χ0) is 13.4. The summed E-state index contributed by atoms with van der Waals surface area (Å²) in [6.07, 6.45) is 0.976. The van der Waals surface area contributed by atoms with Gasteiger partial charge in [-0.25, -0.2) is 4.98 Å². The summed E-state index contributed by atoms with van der Waals surface area (Å²) in [6, 6.07) is 6.19. The van der Waals surface area contributed by atoms with Crippen molar-refractivity contribution < 1.29 is 0 Å². The molecule has 2 N–H and O–H groups in total. The van der Waals surface area contributed by atoms with Crippen LogP contribution in [0.2, 0.25) is 0 Å². The first-order valence-corrected chi connectivity index (χ1v) is 7.44. The highest BCUT2D eigenvalue weighted by Crippen LogP contribution is 2.25. The van der Waals surface area contributed by atoms with Crippen molar-refractivity contribution in [1.29, 1.82) is 0 Å². The Labute approximate surface area is 125 Å². The predicted molar refractivity (Wildman–Crippen MR) is 82.7 cm³/mol. The van der Waals surface area contributed by atoms with Crippen molar-refractivity contribution in [2.75, 3.05) is 6.54 Å². The van der Waals surface area contributed by atoms with Crippen LogP contribution in [0.4, 0.5) is 0 Å². The fraction of sp³-hybridized carbons (Fsp3) is 0.286. The Morgan fingerprint density at radius 3 is 3.00 bits per heavy atom. The van der Waals surface area contributed by atoms with E-state index in [-0.39, 0.29) is 0 Å². The number of nitrogens with one attached hydrogen (secondary N) is 2. The van der Waals surface area contributed by atoms with Crippen LogP contribution in [0.15, 0.2) is 22.7 Å². The average molecular weight is 336 g/mol. The maximum Gasteiger partial charge on any atom is 0.139 e. The van der Waals surface area contributed by atoms with Gasteiger partial charge in [-0.1, -0.05) is 28.1 Å². The highest BCUT2D eigenvalue weighted by atomic mass is 79.9. The molecule has 0 bridgehead atoms. The molecule has 19 heavy (non-hydrogen) atoms. The number of aryl methyl sites for hydroxylation is 1. The fourth-order valence-corrected chi connectivity index (χ4v) is 3.15. The molecule has 2 aromatic rings. The largest absolute Gasteiger partial charge is 0.343 e. The Bertz CT molecular complexity index is 694. The van der Waals surface area contributed by atoms with E-state index >= 15 is 0 Å². The van der Waals surface area contributed by atoms with Gasteiger partial charge in [0.05, 0.1) is 0 Å². The molecule has 0 spiro atoms. The van der Waals surface area contributed by atoms with E-state index in [1.54, 1.807) is 0 Å². The second kappa shape index (κ2) is 5.15. The summed E-state index contributed by atoms with van der Waals surface area (Å²) in [7, 11) is 0. The lowest BCUT2D eigenvalue weighted by Gasteiger charge is -2.18. The SMILES string of the molecule is Cc1cc(Br)ccc1-c1nc(=S)c2c([nH]1)CCNC2. The first kappa shape index (κ1) is 13.0. The number of H-pyrrole nitrogens is 1. The van der Waals surface area contributed by atoms with Crippen LogP contribution in [0.5, 0.6) is 0 Å². The molecule has 1 aromatic heterocycles. The van der Waals surface area contributed by atoms with Crippen molar-refractivity contribution in [2.45, 2.75) is 19.9 Å². The quantitative estimate of drug-likeness (QED) is 0.783. The van der Waals surface area contributed by atoms with Crippen LogP contribution < -0.4 is 5.32 Å². The van der Waals surface area contributed by atoms with Gasteiger partial charge in [0.2, 0.25) is 0 Å². The lowest BCUT2D eigenvalue weighted by molar-refractivity contribution is 0.624. The normalized spacial score (nSPS) is 14.2. The summed E-state index contributed by atoms with van der Waals surface area (Å²) < 4.78 is 1.78. The van der Waals surface area contributed by atoms with E-state index in [0.717, 1.165) is 40.9 Å². The molecule has 0 radical (unpaired) electrons. The molecule has 3 nitrogen and oxygen atoms in total. The van der Waals surface area contributed by atoms with Gasteiger partial charge in [0, 0.05) is 40.8 Å². The number of hydrogen-bond donors (Lipinski definition) is 2. The molecule has 2 heterocycles. The van der Waals surface area contributed by atoms with Gasteiger partial charge in [-0.2, -0.15) is 0 Å². The van der Waals surface area contributed by atoms with Gasteiger partial charge in [0.15, 0.2) is 0 Å². The molecule has 0 aliphatic carbocycles. The highest BCUT2D eigenvalue weighted by molar-refractivity contribution is 9.10. The molecule has 0 unspecified atom stereocenters. The van der Waals surface area contributed by atoms with Crippen LogP contribution in [0, 0.1) is 11.6 Å². The van der Waals surface area contributed by atoms with Crippen LogP contribution in [-0.4, -0.2) is 16.5 Å². The maximum absolute atomic E-state index is 5.42. The first-order chi connectivity index (χ1) is 9.15. The molecular weight excluding hydrogens is 322 g/mol. The van der Waals surface area contributed by atoms with Gasteiger partial charge in [0.1, 0.15) is 10.5 Å². The van der Waals surface area contributed by atoms with E-state index in [9.17, 15) is 0 Å².